The molecule has 6 nitrogen and oxygen atoms in total. The van der Waals surface area contributed by atoms with E-state index in [2.05, 4.69) is 16.4 Å². The molecule has 0 saturated carbocycles. The minimum Gasteiger partial charge on any atom is -0.467 e. The zero-order valence-electron chi connectivity index (χ0n) is 13.5. The molecule has 1 heterocycles. The second kappa shape index (κ2) is 8.63. The quantitative estimate of drug-likeness (QED) is 0.624. The molecule has 2 rings (SSSR count). The maximum atomic E-state index is 12.6. The van der Waals surface area contributed by atoms with E-state index in [9.17, 15) is 9.59 Å². The number of carbonyl (C=O) groups excluding carboxylic acids is 2. The van der Waals surface area contributed by atoms with Crippen LogP contribution in [0, 0.1) is 11.3 Å². The number of ether oxygens (including phenoxy) is 1. The fourth-order valence-electron chi connectivity index (χ4n) is 2.47. The molecule has 0 bridgehead atoms. The number of para-hydroxylation sites is 1. The summed E-state index contributed by atoms with van der Waals surface area (Å²) >= 11 is 0. The van der Waals surface area contributed by atoms with Crippen molar-refractivity contribution >= 4 is 22.8 Å². The Morgan fingerprint density at radius 2 is 2.08 bits per heavy atom. The summed E-state index contributed by atoms with van der Waals surface area (Å²) in [4.78, 5) is 28.7. The van der Waals surface area contributed by atoms with Crippen molar-refractivity contribution in [2.24, 2.45) is 0 Å². The van der Waals surface area contributed by atoms with Gasteiger partial charge in [-0.2, -0.15) is 5.26 Å². The largest absolute Gasteiger partial charge is 0.467 e. The van der Waals surface area contributed by atoms with E-state index >= 15 is 0 Å². The highest BCUT2D eigenvalue weighted by molar-refractivity contribution is 6.07. The summed E-state index contributed by atoms with van der Waals surface area (Å²) in [5.41, 5.74) is 1.18. The number of unbranched alkanes of at least 4 members (excludes halogenated alkanes) is 2. The SMILES string of the molecule is COC(=O)[C@@H](CCCCC#N)NC(=O)c1ccnc2ccccc12. The monoisotopic (exact) mass is 325 g/mol. The van der Waals surface area contributed by atoms with Crippen molar-refractivity contribution < 1.29 is 14.3 Å². The number of carbonyl (C=O) groups is 2. The number of pyridine rings is 1. The molecule has 0 aliphatic heterocycles. The Hall–Kier alpha value is -2.94. The maximum absolute atomic E-state index is 12.6. The van der Waals surface area contributed by atoms with Crippen molar-refractivity contribution in [1.29, 1.82) is 5.26 Å². The third kappa shape index (κ3) is 4.29. The van der Waals surface area contributed by atoms with E-state index in [1.807, 2.05) is 24.3 Å². The van der Waals surface area contributed by atoms with Crippen LogP contribution in [-0.4, -0.2) is 30.0 Å². The number of hydrogen-bond acceptors (Lipinski definition) is 5. The molecule has 6 heteroatoms. The molecule has 1 amide bonds. The van der Waals surface area contributed by atoms with Crippen LogP contribution < -0.4 is 5.32 Å². The number of amides is 1. The highest BCUT2D eigenvalue weighted by atomic mass is 16.5. The highest BCUT2D eigenvalue weighted by Gasteiger charge is 2.22. The van der Waals surface area contributed by atoms with Crippen LogP contribution in [0.5, 0.6) is 0 Å². The van der Waals surface area contributed by atoms with Gasteiger partial charge in [0, 0.05) is 18.0 Å². The molecule has 1 N–H and O–H groups in total. The van der Waals surface area contributed by atoms with E-state index in [-0.39, 0.29) is 5.91 Å². The van der Waals surface area contributed by atoms with Crippen molar-refractivity contribution in [2.75, 3.05) is 7.11 Å². The molecule has 0 fully saturated rings. The van der Waals surface area contributed by atoms with Crippen LogP contribution in [-0.2, 0) is 9.53 Å². The van der Waals surface area contributed by atoms with Crippen molar-refractivity contribution in [3.05, 3.63) is 42.1 Å². The predicted octanol–water partition coefficient (Wildman–Crippen LogP) is 2.59. The van der Waals surface area contributed by atoms with Gasteiger partial charge < -0.3 is 10.1 Å². The Morgan fingerprint density at radius 3 is 2.83 bits per heavy atom. The van der Waals surface area contributed by atoms with E-state index in [1.54, 1.807) is 12.3 Å². The Morgan fingerprint density at radius 1 is 1.29 bits per heavy atom. The topological polar surface area (TPSA) is 92.1 Å². The average molecular weight is 325 g/mol. The van der Waals surface area contributed by atoms with Gasteiger partial charge in [-0.05, 0) is 31.4 Å². The zero-order chi connectivity index (χ0) is 17.4. The Balaban J connectivity index is 2.14. The summed E-state index contributed by atoms with van der Waals surface area (Å²) in [6.45, 7) is 0. The van der Waals surface area contributed by atoms with Crippen molar-refractivity contribution in [1.82, 2.24) is 10.3 Å². The summed E-state index contributed by atoms with van der Waals surface area (Å²) in [7, 11) is 1.29. The number of nitrogens with zero attached hydrogens (tertiary/aromatic N) is 2. The number of benzene rings is 1. The van der Waals surface area contributed by atoms with Gasteiger partial charge in [0.15, 0.2) is 0 Å². The third-order valence-electron chi connectivity index (χ3n) is 3.72. The lowest BCUT2D eigenvalue weighted by Crippen LogP contribution is -2.41. The molecule has 0 saturated heterocycles. The number of nitrogens with one attached hydrogen (secondary N) is 1. The van der Waals surface area contributed by atoms with Gasteiger partial charge >= 0.3 is 5.97 Å². The van der Waals surface area contributed by atoms with E-state index in [4.69, 9.17) is 10.00 Å². The smallest absolute Gasteiger partial charge is 0.328 e. The minimum absolute atomic E-state index is 0.343. The van der Waals surface area contributed by atoms with Gasteiger partial charge in [0.2, 0.25) is 0 Å². The van der Waals surface area contributed by atoms with E-state index < -0.39 is 12.0 Å². The maximum Gasteiger partial charge on any atom is 0.328 e. The Labute approximate surface area is 140 Å². The molecule has 2 aromatic rings. The van der Waals surface area contributed by atoms with Gasteiger partial charge in [0.1, 0.15) is 6.04 Å². The molecule has 0 unspecified atom stereocenters. The van der Waals surface area contributed by atoms with Crippen molar-refractivity contribution in [3.8, 4) is 6.07 Å². The number of aromatic nitrogens is 1. The van der Waals surface area contributed by atoms with Crippen LogP contribution in [0.25, 0.3) is 10.9 Å². The second-order valence-electron chi connectivity index (χ2n) is 5.33. The van der Waals surface area contributed by atoms with Crippen molar-refractivity contribution in [3.63, 3.8) is 0 Å². The van der Waals surface area contributed by atoms with Crippen LogP contribution >= 0.6 is 0 Å². The summed E-state index contributed by atoms with van der Waals surface area (Å²) in [6.07, 6.45) is 3.76. The number of hydrogen-bond donors (Lipinski definition) is 1. The Bertz CT molecular complexity index is 762. The van der Waals surface area contributed by atoms with Crippen molar-refractivity contribution in [2.45, 2.75) is 31.7 Å². The first-order chi connectivity index (χ1) is 11.7. The number of methoxy groups -OCH3 is 1. The zero-order valence-corrected chi connectivity index (χ0v) is 13.5. The predicted molar refractivity (Wildman–Crippen MR) is 89.1 cm³/mol. The normalized spacial score (nSPS) is 11.5. The lowest BCUT2D eigenvalue weighted by atomic mass is 10.1. The van der Waals surface area contributed by atoms with Gasteiger partial charge in [-0.1, -0.05) is 18.2 Å². The van der Waals surface area contributed by atoms with Gasteiger partial charge in [0.25, 0.3) is 5.91 Å². The van der Waals surface area contributed by atoms with E-state index in [0.717, 1.165) is 5.39 Å². The summed E-state index contributed by atoms with van der Waals surface area (Å²) < 4.78 is 4.76. The van der Waals surface area contributed by atoms with Crippen LogP contribution in [0.2, 0.25) is 0 Å². The fourth-order valence-corrected chi connectivity index (χ4v) is 2.47. The molecule has 124 valence electrons. The first kappa shape index (κ1) is 17.4. The average Bonchev–Trinajstić information content (AvgIpc) is 2.62. The summed E-state index contributed by atoms with van der Waals surface area (Å²) in [5.74, 6) is -0.831. The first-order valence-corrected chi connectivity index (χ1v) is 7.76. The standard InChI is InChI=1S/C18H19N3O3/c1-24-18(23)16(9-3-2-6-11-19)21-17(22)14-10-12-20-15-8-5-4-7-13(14)15/h4-5,7-8,10,12,16H,2-3,6,9H2,1H3,(H,21,22)/t16-/m1/s1. The summed E-state index contributed by atoms with van der Waals surface area (Å²) in [6, 6.07) is 10.3. The molecule has 0 spiro atoms. The molecular formula is C18H19N3O3. The molecule has 0 radical (unpaired) electrons. The molecular weight excluding hydrogens is 306 g/mol. The van der Waals surface area contributed by atoms with Gasteiger partial charge in [0.05, 0.1) is 24.3 Å². The van der Waals surface area contributed by atoms with Crippen LogP contribution in [0.15, 0.2) is 36.5 Å². The number of nitriles is 1. The number of fused-ring (bicyclic) bond motifs is 1. The van der Waals surface area contributed by atoms with Gasteiger partial charge in [-0.25, -0.2) is 4.79 Å². The van der Waals surface area contributed by atoms with Gasteiger partial charge in [-0.3, -0.25) is 9.78 Å². The van der Waals surface area contributed by atoms with Gasteiger partial charge in [-0.15, -0.1) is 0 Å². The van der Waals surface area contributed by atoms with Crippen LogP contribution in [0.1, 0.15) is 36.0 Å². The lowest BCUT2D eigenvalue weighted by molar-refractivity contribution is -0.143. The molecule has 0 aliphatic rings. The Kier molecular flexibility index (Phi) is 6.26. The molecule has 24 heavy (non-hydrogen) atoms. The first-order valence-electron chi connectivity index (χ1n) is 7.76. The molecule has 1 atom stereocenters. The molecule has 0 aliphatic carbocycles. The lowest BCUT2D eigenvalue weighted by Gasteiger charge is -2.17. The molecule has 1 aromatic carbocycles. The number of rotatable bonds is 7. The highest BCUT2D eigenvalue weighted by Crippen LogP contribution is 2.16. The number of esters is 1. The van der Waals surface area contributed by atoms with E-state index in [0.29, 0.717) is 36.8 Å². The van der Waals surface area contributed by atoms with Crippen LogP contribution in [0.3, 0.4) is 0 Å². The second-order valence-corrected chi connectivity index (χ2v) is 5.33. The van der Waals surface area contributed by atoms with E-state index in [1.165, 1.54) is 7.11 Å². The third-order valence-corrected chi connectivity index (χ3v) is 3.72. The fraction of sp³-hybridized carbons (Fsp3) is 0.333. The molecule has 1 aromatic heterocycles. The summed E-state index contributed by atoms with van der Waals surface area (Å²) in [5, 5.41) is 12.0. The van der Waals surface area contributed by atoms with Crippen LogP contribution in [0.4, 0.5) is 0 Å². The minimum atomic E-state index is -0.729.